The summed E-state index contributed by atoms with van der Waals surface area (Å²) in [5.74, 6) is -0.420. The molecule has 0 bridgehead atoms. The van der Waals surface area contributed by atoms with E-state index in [1.165, 1.54) is 14.2 Å². The van der Waals surface area contributed by atoms with Crippen molar-refractivity contribution in [3.8, 4) is 0 Å². The second kappa shape index (κ2) is 7.51. The summed E-state index contributed by atoms with van der Waals surface area (Å²) in [5, 5.41) is 0. The van der Waals surface area contributed by atoms with Crippen LogP contribution in [0.4, 0.5) is 0 Å². The van der Waals surface area contributed by atoms with E-state index in [9.17, 15) is 9.59 Å². The van der Waals surface area contributed by atoms with Gasteiger partial charge in [0.1, 0.15) is 0 Å². The molecule has 0 saturated carbocycles. The molecule has 0 aliphatic rings. The van der Waals surface area contributed by atoms with Crippen LogP contribution in [0, 0.1) is 17.8 Å². The van der Waals surface area contributed by atoms with Gasteiger partial charge in [-0.15, -0.1) is 0 Å². The minimum absolute atomic E-state index is 0.202. The molecule has 0 amide bonds. The molecule has 0 saturated heterocycles. The fraction of sp³-hybridized carbons (Fsp3) is 0.800. The third kappa shape index (κ3) is 5.21. The van der Waals surface area contributed by atoms with Crippen molar-refractivity contribution >= 4 is 11.9 Å². The van der Waals surface area contributed by atoms with Crippen molar-refractivity contribution < 1.29 is 19.1 Å². The molecule has 1 atom stereocenters. The van der Waals surface area contributed by atoms with Gasteiger partial charge in [0.2, 0.25) is 0 Å². The Balaban J connectivity index is 4.50. The van der Waals surface area contributed by atoms with Crippen molar-refractivity contribution in [3.05, 3.63) is 6.92 Å². The van der Waals surface area contributed by atoms with Crippen molar-refractivity contribution in [2.24, 2.45) is 10.8 Å². The van der Waals surface area contributed by atoms with Crippen LogP contribution in [0.3, 0.4) is 0 Å². The quantitative estimate of drug-likeness (QED) is 0.636. The van der Waals surface area contributed by atoms with E-state index in [2.05, 4.69) is 6.92 Å². The van der Waals surface area contributed by atoms with Crippen molar-refractivity contribution in [2.45, 2.75) is 52.9 Å². The average molecular weight is 271 g/mol. The van der Waals surface area contributed by atoms with Crippen LogP contribution in [-0.2, 0) is 19.1 Å². The smallest absolute Gasteiger partial charge is 0.311 e. The van der Waals surface area contributed by atoms with Crippen LogP contribution in [0.15, 0.2) is 0 Å². The van der Waals surface area contributed by atoms with Crippen LogP contribution >= 0.6 is 0 Å². The highest BCUT2D eigenvalue weighted by molar-refractivity contribution is 5.76. The summed E-state index contributed by atoms with van der Waals surface area (Å²) >= 11 is 0. The molecule has 0 aromatic carbocycles. The second-order valence-electron chi connectivity index (χ2n) is 5.88. The number of esters is 2. The van der Waals surface area contributed by atoms with Gasteiger partial charge in [-0.25, -0.2) is 0 Å². The molecule has 19 heavy (non-hydrogen) atoms. The van der Waals surface area contributed by atoms with Crippen molar-refractivity contribution in [3.63, 3.8) is 0 Å². The van der Waals surface area contributed by atoms with E-state index in [4.69, 9.17) is 9.47 Å². The summed E-state index contributed by atoms with van der Waals surface area (Å²) < 4.78 is 9.63. The number of hydrogen-bond acceptors (Lipinski definition) is 4. The van der Waals surface area contributed by atoms with Gasteiger partial charge in [0.05, 0.1) is 25.0 Å². The Labute approximate surface area is 116 Å². The summed E-state index contributed by atoms with van der Waals surface area (Å²) in [6, 6.07) is 0. The van der Waals surface area contributed by atoms with Gasteiger partial charge in [0.15, 0.2) is 0 Å². The Morgan fingerprint density at radius 3 is 1.89 bits per heavy atom. The Hall–Kier alpha value is -1.06. The van der Waals surface area contributed by atoms with Crippen LogP contribution < -0.4 is 0 Å². The number of rotatable bonds is 8. The maximum atomic E-state index is 11.8. The first-order valence-electron chi connectivity index (χ1n) is 6.69. The van der Waals surface area contributed by atoms with Crippen molar-refractivity contribution in [1.82, 2.24) is 0 Å². The van der Waals surface area contributed by atoms with Crippen LogP contribution in [0.25, 0.3) is 0 Å². The standard InChI is InChI=1S/C15H27O4/c1-7-9-15(4,13(17)19-6)11-8-10-14(2,3)12(16)18-5/h1,7-11H2,2-6H3. The van der Waals surface area contributed by atoms with Gasteiger partial charge in [0.25, 0.3) is 0 Å². The third-order valence-electron chi connectivity index (χ3n) is 3.68. The zero-order valence-corrected chi connectivity index (χ0v) is 12.9. The molecule has 4 heteroatoms. The van der Waals surface area contributed by atoms with Gasteiger partial charge in [-0.2, -0.15) is 0 Å². The molecule has 1 unspecified atom stereocenters. The molecule has 4 nitrogen and oxygen atoms in total. The predicted octanol–water partition coefficient (Wildman–Crippen LogP) is 3.15. The molecule has 0 aromatic rings. The highest BCUT2D eigenvalue weighted by Gasteiger charge is 2.35. The molecule has 0 rings (SSSR count). The molecular weight excluding hydrogens is 244 g/mol. The molecule has 0 fully saturated rings. The van der Waals surface area contributed by atoms with Gasteiger partial charge < -0.3 is 9.47 Å². The van der Waals surface area contributed by atoms with Crippen LogP contribution in [-0.4, -0.2) is 26.2 Å². The lowest BCUT2D eigenvalue weighted by atomic mass is 9.78. The molecule has 111 valence electrons. The first-order chi connectivity index (χ1) is 8.73. The highest BCUT2D eigenvalue weighted by atomic mass is 16.5. The van der Waals surface area contributed by atoms with E-state index in [0.29, 0.717) is 25.7 Å². The molecule has 1 radical (unpaired) electrons. The molecule has 0 spiro atoms. The van der Waals surface area contributed by atoms with Gasteiger partial charge >= 0.3 is 11.9 Å². The Morgan fingerprint density at radius 2 is 1.47 bits per heavy atom. The minimum Gasteiger partial charge on any atom is -0.469 e. The molecule has 0 heterocycles. The van der Waals surface area contributed by atoms with Crippen molar-refractivity contribution in [1.29, 1.82) is 0 Å². The molecule has 0 aromatic heterocycles. The first kappa shape index (κ1) is 17.9. The number of hydrogen-bond donors (Lipinski definition) is 0. The normalized spacial score (nSPS) is 14.6. The summed E-state index contributed by atoms with van der Waals surface area (Å²) in [4.78, 5) is 23.4. The molecule has 0 aliphatic heterocycles. The van der Waals surface area contributed by atoms with E-state index >= 15 is 0 Å². The number of ether oxygens (including phenoxy) is 2. The van der Waals surface area contributed by atoms with Crippen LogP contribution in [0.1, 0.15) is 52.9 Å². The fourth-order valence-corrected chi connectivity index (χ4v) is 2.26. The Bertz CT molecular complexity index is 309. The Morgan fingerprint density at radius 1 is 0.947 bits per heavy atom. The minimum atomic E-state index is -0.518. The predicted molar refractivity (Wildman–Crippen MR) is 74.4 cm³/mol. The molecular formula is C15H27O4. The number of carbonyl (C=O) groups excluding carboxylic acids is 2. The number of methoxy groups -OCH3 is 2. The van der Waals surface area contributed by atoms with E-state index < -0.39 is 10.8 Å². The second-order valence-corrected chi connectivity index (χ2v) is 5.88. The van der Waals surface area contributed by atoms with Crippen LogP contribution in [0.2, 0.25) is 0 Å². The summed E-state index contributed by atoms with van der Waals surface area (Å²) in [6.07, 6.45) is 3.52. The SMILES string of the molecule is [CH2]CCC(C)(CCCC(C)(C)C(=O)OC)C(=O)OC. The van der Waals surface area contributed by atoms with E-state index in [0.717, 1.165) is 6.42 Å². The zero-order chi connectivity index (χ0) is 15.1. The van der Waals surface area contributed by atoms with Crippen LogP contribution in [0.5, 0.6) is 0 Å². The average Bonchev–Trinajstić information content (AvgIpc) is 2.36. The summed E-state index contributed by atoms with van der Waals surface area (Å²) in [7, 11) is 2.80. The number of carbonyl (C=O) groups is 2. The van der Waals surface area contributed by atoms with Gasteiger partial charge in [-0.3, -0.25) is 9.59 Å². The molecule has 0 aliphatic carbocycles. The zero-order valence-electron chi connectivity index (χ0n) is 12.9. The lowest BCUT2D eigenvalue weighted by Gasteiger charge is -2.28. The summed E-state index contributed by atoms with van der Waals surface area (Å²) in [6.45, 7) is 9.42. The third-order valence-corrected chi connectivity index (χ3v) is 3.68. The fourth-order valence-electron chi connectivity index (χ4n) is 2.26. The van der Waals surface area contributed by atoms with Gasteiger partial charge in [-0.05, 0) is 40.0 Å². The lowest BCUT2D eigenvalue weighted by molar-refractivity contribution is -0.153. The molecule has 0 N–H and O–H groups in total. The maximum Gasteiger partial charge on any atom is 0.311 e. The first-order valence-corrected chi connectivity index (χ1v) is 6.69. The van der Waals surface area contributed by atoms with E-state index in [-0.39, 0.29) is 11.9 Å². The van der Waals surface area contributed by atoms with Gasteiger partial charge in [0, 0.05) is 0 Å². The lowest BCUT2D eigenvalue weighted by Crippen LogP contribution is -2.30. The van der Waals surface area contributed by atoms with Gasteiger partial charge in [-0.1, -0.05) is 19.8 Å². The Kier molecular flexibility index (Phi) is 7.09. The van der Waals surface area contributed by atoms with E-state index in [1.807, 2.05) is 20.8 Å². The topological polar surface area (TPSA) is 52.6 Å². The largest absolute Gasteiger partial charge is 0.469 e. The summed E-state index contributed by atoms with van der Waals surface area (Å²) in [5.41, 5.74) is -1.03. The monoisotopic (exact) mass is 271 g/mol. The maximum absolute atomic E-state index is 11.8. The highest BCUT2D eigenvalue weighted by Crippen LogP contribution is 2.34. The van der Waals surface area contributed by atoms with E-state index in [1.54, 1.807) is 0 Å². The van der Waals surface area contributed by atoms with Crippen molar-refractivity contribution in [2.75, 3.05) is 14.2 Å².